The summed E-state index contributed by atoms with van der Waals surface area (Å²) in [4.78, 5) is 11.8. The van der Waals surface area contributed by atoms with Crippen LogP contribution >= 0.6 is 0 Å². The molecule has 154 valence electrons. The van der Waals surface area contributed by atoms with Gasteiger partial charge in [-0.05, 0) is 50.5 Å². The molecule has 0 atom stereocenters. The van der Waals surface area contributed by atoms with Crippen LogP contribution in [0.4, 0.5) is 9.18 Å². The van der Waals surface area contributed by atoms with Crippen LogP contribution in [0.1, 0.15) is 56.2 Å². The minimum atomic E-state index is -0.923. The van der Waals surface area contributed by atoms with E-state index in [0.29, 0.717) is 12.0 Å². The molecule has 6 heteroatoms. The maximum Gasteiger partial charge on any atom is 0.513 e. The van der Waals surface area contributed by atoms with E-state index in [9.17, 15) is 15.2 Å². The molecule has 2 aromatic carbocycles. The molecular weight excluding hydrogens is 373 g/mol. The van der Waals surface area contributed by atoms with Crippen LogP contribution in [0.3, 0.4) is 0 Å². The molecule has 0 heterocycles. The van der Waals surface area contributed by atoms with Crippen molar-refractivity contribution in [3.05, 3.63) is 46.8 Å². The van der Waals surface area contributed by atoms with Crippen molar-refractivity contribution in [3.8, 4) is 28.7 Å². The van der Waals surface area contributed by atoms with Crippen LogP contribution < -0.4 is 4.74 Å². The lowest BCUT2D eigenvalue weighted by Gasteiger charge is -2.15. The highest BCUT2D eigenvalue weighted by Gasteiger charge is 2.23. The maximum atomic E-state index is 15.2. The second kappa shape index (κ2) is 10.5. The van der Waals surface area contributed by atoms with Crippen molar-refractivity contribution in [1.29, 1.82) is 5.26 Å². The van der Waals surface area contributed by atoms with Crippen LogP contribution in [0, 0.1) is 24.1 Å². The summed E-state index contributed by atoms with van der Waals surface area (Å²) in [5.74, 6) is -1.31. The van der Waals surface area contributed by atoms with Gasteiger partial charge in [0.2, 0.25) is 0 Å². The Labute approximate surface area is 170 Å². The Morgan fingerprint density at radius 1 is 1.21 bits per heavy atom. The first-order valence-corrected chi connectivity index (χ1v) is 9.82. The fourth-order valence-corrected chi connectivity index (χ4v) is 3.14. The fourth-order valence-electron chi connectivity index (χ4n) is 3.14. The van der Waals surface area contributed by atoms with Crippen LogP contribution in [-0.4, -0.2) is 17.9 Å². The summed E-state index contributed by atoms with van der Waals surface area (Å²) >= 11 is 0. The highest BCUT2D eigenvalue weighted by Crippen LogP contribution is 2.40. The summed E-state index contributed by atoms with van der Waals surface area (Å²) in [6.07, 6.45) is 3.46. The van der Waals surface area contributed by atoms with Crippen molar-refractivity contribution in [3.63, 3.8) is 0 Å². The molecule has 0 saturated carbocycles. The number of phenols is 1. The number of carbonyl (C=O) groups excluding carboxylic acids is 1. The molecule has 0 aromatic heterocycles. The van der Waals surface area contributed by atoms with Crippen molar-refractivity contribution in [1.82, 2.24) is 0 Å². The Balaban J connectivity index is 2.52. The number of hydrogen-bond donors (Lipinski definition) is 1. The molecule has 5 nitrogen and oxygen atoms in total. The number of nitriles is 1. The van der Waals surface area contributed by atoms with Gasteiger partial charge in [-0.15, -0.1) is 0 Å². The molecule has 0 unspecified atom stereocenters. The molecule has 0 spiro atoms. The first kappa shape index (κ1) is 22.2. The lowest BCUT2D eigenvalue weighted by atomic mass is 9.93. The van der Waals surface area contributed by atoms with Crippen molar-refractivity contribution in [2.45, 2.75) is 52.9 Å². The van der Waals surface area contributed by atoms with Gasteiger partial charge in [-0.3, -0.25) is 0 Å². The average molecular weight is 399 g/mol. The smallest absolute Gasteiger partial charge is 0.505 e. The van der Waals surface area contributed by atoms with Gasteiger partial charge in [0.1, 0.15) is 5.75 Å². The maximum absolute atomic E-state index is 15.2. The molecule has 0 aliphatic heterocycles. The second-order valence-corrected chi connectivity index (χ2v) is 6.83. The summed E-state index contributed by atoms with van der Waals surface area (Å²) in [5, 5.41) is 20.1. The summed E-state index contributed by atoms with van der Waals surface area (Å²) < 4.78 is 25.2. The third-order valence-corrected chi connectivity index (χ3v) is 4.60. The van der Waals surface area contributed by atoms with E-state index >= 15 is 4.39 Å². The van der Waals surface area contributed by atoms with Crippen molar-refractivity contribution in [2.24, 2.45) is 0 Å². The van der Waals surface area contributed by atoms with E-state index in [0.717, 1.165) is 31.2 Å². The molecule has 0 fully saturated rings. The molecule has 0 amide bonds. The largest absolute Gasteiger partial charge is 0.513 e. The van der Waals surface area contributed by atoms with Crippen LogP contribution in [-0.2, 0) is 11.2 Å². The molecule has 29 heavy (non-hydrogen) atoms. The number of carbonyl (C=O) groups is 1. The average Bonchev–Trinajstić information content (AvgIpc) is 2.70. The van der Waals surface area contributed by atoms with E-state index in [4.69, 9.17) is 9.47 Å². The number of nitrogens with zero attached hydrogens (tertiary/aromatic N) is 1. The van der Waals surface area contributed by atoms with E-state index in [2.05, 4.69) is 6.92 Å². The first-order valence-electron chi connectivity index (χ1n) is 9.82. The van der Waals surface area contributed by atoms with Gasteiger partial charge in [0, 0.05) is 11.1 Å². The predicted molar refractivity (Wildman–Crippen MR) is 108 cm³/mol. The van der Waals surface area contributed by atoms with E-state index in [1.165, 1.54) is 12.1 Å². The van der Waals surface area contributed by atoms with Crippen molar-refractivity contribution in [2.75, 3.05) is 6.61 Å². The topological polar surface area (TPSA) is 79.5 Å². The van der Waals surface area contributed by atoms with Gasteiger partial charge in [0.05, 0.1) is 18.2 Å². The summed E-state index contributed by atoms with van der Waals surface area (Å²) in [5.41, 5.74) is 1.37. The summed E-state index contributed by atoms with van der Waals surface area (Å²) in [6.45, 7) is 5.66. The molecular formula is C23H26FNO4. The molecule has 0 saturated heterocycles. The van der Waals surface area contributed by atoms with Crippen LogP contribution in [0.2, 0.25) is 0 Å². The van der Waals surface area contributed by atoms with Crippen molar-refractivity contribution >= 4 is 6.16 Å². The quantitative estimate of drug-likeness (QED) is 0.333. The number of unbranched alkanes of at least 4 members (excludes halogenated alkanes) is 3. The third-order valence-electron chi connectivity index (χ3n) is 4.60. The standard InChI is InChI=1S/C23H26FNO4/c1-4-6-7-8-9-16-13-17(14-25)20(21(24)22(16)26)18-12-15(3)10-11-19(18)29-23(27)28-5-2/h10-13,26H,4-9H2,1-3H3. The number of ether oxygens (including phenoxy) is 2. The second-order valence-electron chi connectivity index (χ2n) is 6.83. The van der Waals surface area contributed by atoms with Crippen LogP contribution in [0.25, 0.3) is 11.1 Å². The molecule has 2 rings (SSSR count). The number of halogens is 1. The number of benzene rings is 2. The van der Waals surface area contributed by atoms with Crippen LogP contribution in [0.5, 0.6) is 11.5 Å². The number of rotatable bonds is 8. The van der Waals surface area contributed by atoms with Crippen molar-refractivity contribution < 1.29 is 23.8 Å². The van der Waals surface area contributed by atoms with Gasteiger partial charge in [-0.2, -0.15) is 5.26 Å². The fraction of sp³-hybridized carbons (Fsp3) is 0.391. The molecule has 0 radical (unpaired) electrons. The summed E-state index contributed by atoms with van der Waals surface area (Å²) in [6, 6.07) is 8.33. The highest BCUT2D eigenvalue weighted by atomic mass is 19.1. The molecule has 0 bridgehead atoms. The number of aromatic hydroxyl groups is 1. The lowest BCUT2D eigenvalue weighted by Crippen LogP contribution is -2.11. The third kappa shape index (κ3) is 5.47. The normalized spacial score (nSPS) is 10.4. The highest BCUT2D eigenvalue weighted by molar-refractivity contribution is 5.81. The van der Waals surface area contributed by atoms with E-state index in [1.807, 2.05) is 6.07 Å². The SMILES string of the molecule is CCCCCCc1cc(C#N)c(-c2cc(C)ccc2OC(=O)OCC)c(F)c1O. The Hall–Kier alpha value is -3.07. The van der Waals surface area contributed by atoms with Gasteiger partial charge in [0.25, 0.3) is 0 Å². The zero-order chi connectivity index (χ0) is 21.4. The Morgan fingerprint density at radius 3 is 2.62 bits per heavy atom. The lowest BCUT2D eigenvalue weighted by molar-refractivity contribution is 0.104. The summed E-state index contributed by atoms with van der Waals surface area (Å²) in [7, 11) is 0. The zero-order valence-electron chi connectivity index (χ0n) is 17.0. The minimum Gasteiger partial charge on any atom is -0.505 e. The van der Waals surface area contributed by atoms with Crippen LogP contribution in [0.15, 0.2) is 24.3 Å². The molecule has 0 aliphatic carbocycles. The van der Waals surface area contributed by atoms with E-state index in [-0.39, 0.29) is 29.0 Å². The van der Waals surface area contributed by atoms with Gasteiger partial charge >= 0.3 is 6.16 Å². The Morgan fingerprint density at radius 2 is 1.97 bits per heavy atom. The molecule has 0 aliphatic rings. The number of hydrogen-bond acceptors (Lipinski definition) is 5. The monoisotopic (exact) mass is 399 g/mol. The number of aryl methyl sites for hydroxylation is 2. The van der Waals surface area contributed by atoms with E-state index < -0.39 is 17.7 Å². The van der Waals surface area contributed by atoms with Gasteiger partial charge < -0.3 is 14.6 Å². The Kier molecular flexibility index (Phi) is 8.02. The zero-order valence-corrected chi connectivity index (χ0v) is 17.0. The molecule has 1 N–H and O–H groups in total. The van der Waals surface area contributed by atoms with Gasteiger partial charge in [-0.1, -0.05) is 37.8 Å². The molecule has 2 aromatic rings. The van der Waals surface area contributed by atoms with Gasteiger partial charge in [-0.25, -0.2) is 9.18 Å². The Bertz CT molecular complexity index is 918. The minimum absolute atomic E-state index is 0.0551. The number of phenolic OH excluding ortho intramolecular Hbond substituents is 1. The predicted octanol–water partition coefficient (Wildman–Crippen LogP) is 6.04. The van der Waals surface area contributed by atoms with Gasteiger partial charge in [0.15, 0.2) is 11.6 Å². The van der Waals surface area contributed by atoms with E-state index in [1.54, 1.807) is 26.0 Å². The first-order chi connectivity index (χ1) is 13.9.